The van der Waals surface area contributed by atoms with Crippen molar-refractivity contribution in [1.29, 1.82) is 0 Å². The van der Waals surface area contributed by atoms with E-state index in [0.29, 0.717) is 43.7 Å². The highest BCUT2D eigenvalue weighted by Crippen LogP contribution is 2.35. The lowest BCUT2D eigenvalue weighted by atomic mass is 10.00. The van der Waals surface area contributed by atoms with Crippen LogP contribution in [0.1, 0.15) is 73.1 Å². The molecule has 3 heterocycles. The topological polar surface area (TPSA) is 82.2 Å². The van der Waals surface area contributed by atoms with E-state index in [9.17, 15) is 14.4 Å². The van der Waals surface area contributed by atoms with E-state index in [1.165, 1.54) is 0 Å². The number of carbonyl (C=O) groups is 3. The number of ether oxygens (including phenoxy) is 1. The first kappa shape index (κ1) is 22.4. The Kier molecular flexibility index (Phi) is 6.86. The number of hydrogen-bond acceptors (Lipinski definition) is 5. The van der Waals surface area contributed by atoms with Gasteiger partial charge in [-0.1, -0.05) is 6.42 Å². The van der Waals surface area contributed by atoms with Gasteiger partial charge in [-0.2, -0.15) is 0 Å². The van der Waals surface area contributed by atoms with Crippen LogP contribution in [0.5, 0.6) is 0 Å². The second kappa shape index (κ2) is 9.79. The molecular weight excluding hydrogens is 408 g/mol. The molecule has 3 aliphatic rings. The van der Waals surface area contributed by atoms with Crippen LogP contribution in [0.15, 0.2) is 18.2 Å². The first-order valence-electron chi connectivity index (χ1n) is 12.0. The Bertz CT molecular complexity index is 866. The van der Waals surface area contributed by atoms with Gasteiger partial charge in [0.05, 0.1) is 17.9 Å². The van der Waals surface area contributed by atoms with E-state index in [1.54, 1.807) is 24.0 Å². The Morgan fingerprint density at radius 1 is 1.06 bits per heavy atom. The zero-order valence-corrected chi connectivity index (χ0v) is 19.1. The lowest BCUT2D eigenvalue weighted by molar-refractivity contribution is 0.0656. The van der Waals surface area contributed by atoms with Crippen LogP contribution >= 0.6 is 0 Å². The van der Waals surface area contributed by atoms with Crippen molar-refractivity contribution in [1.82, 2.24) is 15.1 Å². The summed E-state index contributed by atoms with van der Waals surface area (Å²) in [6, 6.07) is 5.46. The first-order valence-corrected chi connectivity index (χ1v) is 12.0. The molecule has 0 saturated carbocycles. The fraction of sp³-hybridized carbons (Fsp3) is 0.625. The summed E-state index contributed by atoms with van der Waals surface area (Å²) in [6.45, 7) is 7.00. The van der Waals surface area contributed by atoms with Crippen molar-refractivity contribution < 1.29 is 19.1 Å². The molecule has 0 unspecified atom stereocenters. The predicted molar refractivity (Wildman–Crippen MR) is 122 cm³/mol. The minimum absolute atomic E-state index is 0.0190. The molecule has 2 saturated heterocycles. The van der Waals surface area contributed by atoms with Gasteiger partial charge in [0.2, 0.25) is 0 Å². The van der Waals surface area contributed by atoms with Gasteiger partial charge in [0.15, 0.2) is 0 Å². The number of carbonyl (C=O) groups excluding carboxylic acids is 3. The molecule has 8 nitrogen and oxygen atoms in total. The number of nitrogens with one attached hydrogen (secondary N) is 1. The minimum atomic E-state index is -0.288. The lowest BCUT2D eigenvalue weighted by Gasteiger charge is -2.44. The van der Waals surface area contributed by atoms with Crippen LogP contribution in [-0.4, -0.2) is 72.7 Å². The number of amides is 3. The van der Waals surface area contributed by atoms with E-state index < -0.39 is 0 Å². The van der Waals surface area contributed by atoms with Crippen LogP contribution in [0.3, 0.4) is 0 Å². The third kappa shape index (κ3) is 4.40. The maximum Gasteiger partial charge on any atom is 0.409 e. The monoisotopic (exact) mass is 442 g/mol. The maximum absolute atomic E-state index is 13.2. The number of nitrogens with zero attached hydrogens (tertiary/aromatic N) is 3. The molecule has 1 aromatic carbocycles. The van der Waals surface area contributed by atoms with Gasteiger partial charge in [-0.15, -0.1) is 0 Å². The van der Waals surface area contributed by atoms with E-state index in [0.717, 1.165) is 44.5 Å². The molecule has 0 aromatic heterocycles. The molecule has 32 heavy (non-hydrogen) atoms. The summed E-state index contributed by atoms with van der Waals surface area (Å²) in [5.41, 5.74) is 2.12. The van der Waals surface area contributed by atoms with Gasteiger partial charge in [0.25, 0.3) is 11.8 Å². The summed E-state index contributed by atoms with van der Waals surface area (Å²) in [5, 5.41) is 3.11. The number of benzene rings is 1. The van der Waals surface area contributed by atoms with Gasteiger partial charge < -0.3 is 24.8 Å². The summed E-state index contributed by atoms with van der Waals surface area (Å²) in [4.78, 5) is 44.0. The highest BCUT2D eigenvalue weighted by atomic mass is 16.6. The molecule has 0 aliphatic carbocycles. The van der Waals surface area contributed by atoms with Crippen molar-refractivity contribution in [3.8, 4) is 0 Å². The van der Waals surface area contributed by atoms with Crippen molar-refractivity contribution in [2.75, 3.05) is 37.7 Å². The van der Waals surface area contributed by atoms with Gasteiger partial charge in [-0.05, 0) is 64.2 Å². The SMILES string of the molecule is CCOC(=O)N1CCC(NC(=O)c2ccc3c(c2)N(CC)[C@@H]2CCCCCN2C3=O)CC1. The largest absolute Gasteiger partial charge is 0.450 e. The average molecular weight is 443 g/mol. The predicted octanol–water partition coefficient (Wildman–Crippen LogP) is 3.22. The van der Waals surface area contributed by atoms with Crippen LogP contribution in [0, 0.1) is 0 Å². The van der Waals surface area contributed by atoms with Gasteiger partial charge in [-0.3, -0.25) is 9.59 Å². The number of likely N-dealkylation sites (tertiary alicyclic amines) is 1. The first-order chi connectivity index (χ1) is 15.5. The third-order valence-electron chi connectivity index (χ3n) is 6.84. The number of hydrogen-bond donors (Lipinski definition) is 1. The fourth-order valence-corrected chi connectivity index (χ4v) is 5.13. The smallest absolute Gasteiger partial charge is 0.409 e. The molecule has 1 N–H and O–H groups in total. The standard InChI is InChI=1S/C24H34N4O4/c1-3-27-20-16-17(9-10-19(20)23(30)28-13-7-5-6-8-21(27)28)22(29)25-18-11-14-26(15-12-18)24(31)32-4-2/h9-10,16,18,21H,3-8,11-15H2,1-2H3,(H,25,29)/t21-/m0/s1. The highest BCUT2D eigenvalue weighted by molar-refractivity contribution is 6.04. The summed E-state index contributed by atoms with van der Waals surface area (Å²) in [5.74, 6) is -0.0518. The summed E-state index contributed by atoms with van der Waals surface area (Å²) < 4.78 is 5.06. The van der Waals surface area contributed by atoms with Crippen molar-refractivity contribution in [2.45, 2.75) is 64.6 Å². The van der Waals surface area contributed by atoms with Crippen LogP contribution in [0.2, 0.25) is 0 Å². The molecule has 0 bridgehead atoms. The molecule has 1 aromatic rings. The van der Waals surface area contributed by atoms with Crippen LogP contribution in [0.4, 0.5) is 10.5 Å². The molecule has 8 heteroatoms. The minimum Gasteiger partial charge on any atom is -0.450 e. The summed E-state index contributed by atoms with van der Waals surface area (Å²) >= 11 is 0. The lowest BCUT2D eigenvalue weighted by Crippen LogP contribution is -2.55. The second-order valence-electron chi connectivity index (χ2n) is 8.78. The van der Waals surface area contributed by atoms with Crippen LogP contribution in [-0.2, 0) is 4.74 Å². The van der Waals surface area contributed by atoms with Crippen LogP contribution in [0.25, 0.3) is 0 Å². The van der Waals surface area contributed by atoms with E-state index >= 15 is 0 Å². The normalized spacial score (nSPS) is 21.5. The van der Waals surface area contributed by atoms with Gasteiger partial charge in [0, 0.05) is 37.8 Å². The number of piperidine rings is 1. The Balaban J connectivity index is 1.46. The summed E-state index contributed by atoms with van der Waals surface area (Å²) in [7, 11) is 0. The maximum atomic E-state index is 13.2. The van der Waals surface area contributed by atoms with Gasteiger partial charge in [0.1, 0.15) is 6.17 Å². The quantitative estimate of drug-likeness (QED) is 0.774. The molecule has 1 atom stereocenters. The molecule has 4 rings (SSSR count). The third-order valence-corrected chi connectivity index (χ3v) is 6.84. The second-order valence-corrected chi connectivity index (χ2v) is 8.78. The molecule has 174 valence electrons. The molecule has 0 spiro atoms. The fourth-order valence-electron chi connectivity index (χ4n) is 5.13. The average Bonchev–Trinajstić information content (AvgIpc) is 3.06. The molecular formula is C24H34N4O4. The van der Waals surface area contributed by atoms with E-state index in [-0.39, 0.29) is 30.1 Å². The number of rotatable bonds is 4. The zero-order valence-electron chi connectivity index (χ0n) is 19.1. The van der Waals surface area contributed by atoms with E-state index in [4.69, 9.17) is 4.74 Å². The highest BCUT2D eigenvalue weighted by Gasteiger charge is 2.37. The molecule has 0 radical (unpaired) electrons. The summed E-state index contributed by atoms with van der Waals surface area (Å²) in [6.07, 6.45) is 5.47. The van der Waals surface area contributed by atoms with Crippen molar-refractivity contribution in [3.63, 3.8) is 0 Å². The molecule has 2 fully saturated rings. The van der Waals surface area contributed by atoms with E-state index in [1.807, 2.05) is 11.0 Å². The Hall–Kier alpha value is -2.77. The Morgan fingerprint density at radius 3 is 2.56 bits per heavy atom. The zero-order chi connectivity index (χ0) is 22.7. The number of fused-ring (bicyclic) bond motifs is 2. The molecule has 3 aliphatic heterocycles. The Labute approximate surface area is 189 Å². The van der Waals surface area contributed by atoms with E-state index in [2.05, 4.69) is 17.1 Å². The number of anilines is 1. The van der Waals surface area contributed by atoms with Gasteiger partial charge in [-0.25, -0.2) is 4.79 Å². The van der Waals surface area contributed by atoms with Crippen molar-refractivity contribution in [3.05, 3.63) is 29.3 Å². The van der Waals surface area contributed by atoms with Crippen molar-refractivity contribution >= 4 is 23.6 Å². The Morgan fingerprint density at radius 2 is 1.84 bits per heavy atom. The van der Waals surface area contributed by atoms with Gasteiger partial charge >= 0.3 is 6.09 Å². The molecule has 3 amide bonds. The van der Waals surface area contributed by atoms with Crippen molar-refractivity contribution in [2.24, 2.45) is 0 Å². The van der Waals surface area contributed by atoms with Crippen LogP contribution < -0.4 is 10.2 Å².